The molecule has 0 fully saturated rings. The number of aromatic amines is 1. The van der Waals surface area contributed by atoms with E-state index in [1.807, 2.05) is 19.1 Å². The van der Waals surface area contributed by atoms with Gasteiger partial charge in [0.25, 0.3) is 5.91 Å². The van der Waals surface area contributed by atoms with Crippen LogP contribution in [0.25, 0.3) is 0 Å². The van der Waals surface area contributed by atoms with Gasteiger partial charge >= 0.3 is 0 Å². The zero-order valence-corrected chi connectivity index (χ0v) is 14.3. The van der Waals surface area contributed by atoms with Crippen molar-refractivity contribution in [3.8, 4) is 0 Å². The third kappa shape index (κ3) is 4.53. The number of amides is 2. The molecule has 0 aliphatic carbocycles. The molecule has 0 aliphatic heterocycles. The molecule has 7 heteroatoms. The highest BCUT2D eigenvalue weighted by molar-refractivity contribution is 9.10. The van der Waals surface area contributed by atoms with Gasteiger partial charge in [0.2, 0.25) is 11.5 Å². The number of hydrogen-bond donors (Lipinski definition) is 2. The summed E-state index contributed by atoms with van der Waals surface area (Å²) < 4.78 is 0.929. The van der Waals surface area contributed by atoms with Crippen molar-refractivity contribution in [3.63, 3.8) is 0 Å². The number of aryl methyl sites for hydroxylation is 1. The smallest absolute Gasteiger partial charge is 0.255 e. The summed E-state index contributed by atoms with van der Waals surface area (Å²) in [7, 11) is 1.53. The standard InChI is InChI=1S/C16H16BrN3O3/c1-10-7-12(17)4-5-13(10)19-15(22)9-20(2)16(23)11-3-6-14(21)18-8-11/h3-8H,9H2,1-2H3,(H,18,21)(H,19,22). The molecule has 1 heterocycles. The molecule has 0 unspecified atom stereocenters. The maximum Gasteiger partial charge on any atom is 0.255 e. The quantitative estimate of drug-likeness (QED) is 0.856. The summed E-state index contributed by atoms with van der Waals surface area (Å²) >= 11 is 3.36. The van der Waals surface area contributed by atoms with Gasteiger partial charge in [0.15, 0.2) is 0 Å². The van der Waals surface area contributed by atoms with E-state index in [0.29, 0.717) is 11.3 Å². The van der Waals surface area contributed by atoms with Gasteiger partial charge in [0.1, 0.15) is 0 Å². The van der Waals surface area contributed by atoms with Crippen LogP contribution in [-0.4, -0.2) is 35.3 Å². The second kappa shape index (κ2) is 7.23. The number of halogens is 1. The van der Waals surface area contributed by atoms with Gasteiger partial charge in [-0.05, 0) is 36.8 Å². The summed E-state index contributed by atoms with van der Waals surface area (Å²) in [5.41, 5.74) is 1.65. The summed E-state index contributed by atoms with van der Waals surface area (Å²) in [6, 6.07) is 8.21. The molecule has 0 saturated heterocycles. The summed E-state index contributed by atoms with van der Waals surface area (Å²) in [5, 5.41) is 2.77. The van der Waals surface area contributed by atoms with Gasteiger partial charge < -0.3 is 15.2 Å². The van der Waals surface area contributed by atoms with Crippen LogP contribution in [0.1, 0.15) is 15.9 Å². The number of carbonyl (C=O) groups is 2. The van der Waals surface area contributed by atoms with Gasteiger partial charge in [0, 0.05) is 29.5 Å². The molecular weight excluding hydrogens is 362 g/mol. The molecule has 0 saturated carbocycles. The van der Waals surface area contributed by atoms with Gasteiger partial charge in [-0.15, -0.1) is 0 Å². The number of hydrogen-bond acceptors (Lipinski definition) is 3. The van der Waals surface area contributed by atoms with Gasteiger partial charge in [-0.25, -0.2) is 0 Å². The van der Waals surface area contributed by atoms with Gasteiger partial charge in [-0.2, -0.15) is 0 Å². The first-order valence-electron chi connectivity index (χ1n) is 6.87. The fraction of sp³-hybridized carbons (Fsp3) is 0.188. The van der Waals surface area contributed by atoms with E-state index in [4.69, 9.17) is 0 Å². The first-order valence-corrected chi connectivity index (χ1v) is 7.66. The topological polar surface area (TPSA) is 82.3 Å². The lowest BCUT2D eigenvalue weighted by Crippen LogP contribution is -2.35. The number of nitrogens with one attached hydrogen (secondary N) is 2. The maximum absolute atomic E-state index is 12.2. The number of H-pyrrole nitrogens is 1. The third-order valence-electron chi connectivity index (χ3n) is 3.22. The highest BCUT2D eigenvalue weighted by atomic mass is 79.9. The number of aromatic nitrogens is 1. The number of carbonyl (C=O) groups excluding carboxylic acids is 2. The van der Waals surface area contributed by atoms with Crippen molar-refractivity contribution in [2.45, 2.75) is 6.92 Å². The van der Waals surface area contributed by atoms with Crippen LogP contribution in [0.4, 0.5) is 5.69 Å². The van der Waals surface area contributed by atoms with E-state index in [1.54, 1.807) is 6.07 Å². The van der Waals surface area contributed by atoms with Crippen LogP contribution in [0.5, 0.6) is 0 Å². The molecule has 0 spiro atoms. The number of rotatable bonds is 4. The minimum atomic E-state index is -0.344. The molecular formula is C16H16BrN3O3. The van der Waals surface area contributed by atoms with Gasteiger partial charge in [0.05, 0.1) is 12.1 Å². The van der Waals surface area contributed by atoms with Crippen molar-refractivity contribution in [2.75, 3.05) is 18.9 Å². The van der Waals surface area contributed by atoms with E-state index in [1.165, 1.54) is 30.3 Å². The molecule has 1 aromatic heterocycles. The number of nitrogens with zero attached hydrogens (tertiary/aromatic N) is 1. The first kappa shape index (κ1) is 17.0. The molecule has 1 aromatic carbocycles. The molecule has 2 rings (SSSR count). The van der Waals surface area contributed by atoms with Crippen molar-refractivity contribution in [1.29, 1.82) is 0 Å². The molecule has 2 aromatic rings. The lowest BCUT2D eigenvalue weighted by atomic mass is 10.2. The predicted molar refractivity (Wildman–Crippen MR) is 91.5 cm³/mol. The Hall–Kier alpha value is -2.41. The zero-order chi connectivity index (χ0) is 17.0. The molecule has 2 N–H and O–H groups in total. The Labute approximate surface area is 141 Å². The van der Waals surface area contributed by atoms with Gasteiger partial charge in [-0.3, -0.25) is 14.4 Å². The molecule has 0 atom stereocenters. The highest BCUT2D eigenvalue weighted by Gasteiger charge is 2.15. The minimum absolute atomic E-state index is 0.0898. The van der Waals surface area contributed by atoms with E-state index in [9.17, 15) is 14.4 Å². The van der Waals surface area contributed by atoms with Crippen LogP contribution < -0.4 is 10.9 Å². The maximum atomic E-state index is 12.2. The fourth-order valence-corrected chi connectivity index (χ4v) is 2.48. The summed E-state index contributed by atoms with van der Waals surface area (Å²) in [6.07, 6.45) is 1.33. The Kier molecular flexibility index (Phi) is 5.33. The molecule has 6 nitrogen and oxygen atoms in total. The molecule has 2 amide bonds. The van der Waals surface area contributed by atoms with E-state index < -0.39 is 0 Å². The SMILES string of the molecule is Cc1cc(Br)ccc1NC(=O)CN(C)C(=O)c1ccc(=O)[nH]c1. The van der Waals surface area contributed by atoms with E-state index in [0.717, 1.165) is 10.0 Å². The van der Waals surface area contributed by atoms with Crippen LogP contribution in [0.15, 0.2) is 45.8 Å². The molecule has 23 heavy (non-hydrogen) atoms. The predicted octanol–water partition coefficient (Wildman–Crippen LogP) is 2.16. The van der Waals surface area contributed by atoms with Crippen molar-refractivity contribution < 1.29 is 9.59 Å². The van der Waals surface area contributed by atoms with Crippen molar-refractivity contribution in [3.05, 3.63) is 62.5 Å². The van der Waals surface area contributed by atoms with Crippen molar-refractivity contribution >= 4 is 33.4 Å². The Morgan fingerprint density at radius 3 is 2.61 bits per heavy atom. The average Bonchev–Trinajstić information content (AvgIpc) is 2.50. The van der Waals surface area contributed by atoms with Crippen molar-refractivity contribution in [1.82, 2.24) is 9.88 Å². The Bertz CT molecular complexity index is 781. The monoisotopic (exact) mass is 377 g/mol. The fourth-order valence-electron chi connectivity index (χ4n) is 2.01. The Morgan fingerprint density at radius 2 is 2.00 bits per heavy atom. The van der Waals surface area contributed by atoms with E-state index in [-0.39, 0.29) is 23.9 Å². The Morgan fingerprint density at radius 1 is 1.26 bits per heavy atom. The normalized spacial score (nSPS) is 10.2. The summed E-state index contributed by atoms with van der Waals surface area (Å²) in [5.74, 6) is -0.639. The Balaban J connectivity index is 2.00. The second-order valence-electron chi connectivity index (χ2n) is 5.11. The molecule has 120 valence electrons. The zero-order valence-electron chi connectivity index (χ0n) is 12.7. The molecule has 0 aliphatic rings. The summed E-state index contributed by atoms with van der Waals surface area (Å²) in [4.78, 5) is 39.0. The number of pyridine rings is 1. The number of benzene rings is 1. The van der Waals surface area contributed by atoms with Crippen LogP contribution >= 0.6 is 15.9 Å². The van der Waals surface area contributed by atoms with Gasteiger partial charge in [-0.1, -0.05) is 15.9 Å². The van der Waals surface area contributed by atoms with E-state index in [2.05, 4.69) is 26.2 Å². The van der Waals surface area contributed by atoms with Crippen LogP contribution in [0.2, 0.25) is 0 Å². The number of likely N-dealkylation sites (N-methyl/N-ethyl adjacent to an activating group) is 1. The van der Waals surface area contributed by atoms with Crippen LogP contribution in [-0.2, 0) is 4.79 Å². The van der Waals surface area contributed by atoms with Crippen LogP contribution in [0.3, 0.4) is 0 Å². The summed E-state index contributed by atoms with van der Waals surface area (Å²) in [6.45, 7) is 1.79. The van der Waals surface area contributed by atoms with E-state index >= 15 is 0 Å². The van der Waals surface area contributed by atoms with Crippen molar-refractivity contribution in [2.24, 2.45) is 0 Å². The average molecular weight is 378 g/mol. The lowest BCUT2D eigenvalue weighted by Gasteiger charge is -2.17. The largest absolute Gasteiger partial charge is 0.332 e. The highest BCUT2D eigenvalue weighted by Crippen LogP contribution is 2.19. The third-order valence-corrected chi connectivity index (χ3v) is 3.71. The molecule has 0 radical (unpaired) electrons. The lowest BCUT2D eigenvalue weighted by molar-refractivity contribution is -0.116. The minimum Gasteiger partial charge on any atom is -0.332 e. The molecule has 0 bridgehead atoms. The second-order valence-corrected chi connectivity index (χ2v) is 6.03. The number of anilines is 1. The van der Waals surface area contributed by atoms with Crippen LogP contribution in [0, 0.1) is 6.92 Å². The first-order chi connectivity index (χ1) is 10.9.